The third kappa shape index (κ3) is 4.14. The Labute approximate surface area is 143 Å². The molecule has 0 heterocycles. The number of aromatic hydroxyl groups is 1. The first kappa shape index (κ1) is 18.0. The second-order valence-corrected chi connectivity index (χ2v) is 6.56. The third-order valence-electron chi connectivity index (χ3n) is 4.82. The van der Waals surface area contributed by atoms with Crippen LogP contribution in [0.3, 0.4) is 0 Å². The number of nitrogens with two attached hydrogens (primary N) is 4. The van der Waals surface area contributed by atoms with Gasteiger partial charge in [0.25, 0.3) is 0 Å². The average Bonchev–Trinajstić information content (AvgIpc) is 2.51. The summed E-state index contributed by atoms with van der Waals surface area (Å²) < 4.78 is 5.75. The van der Waals surface area contributed by atoms with Crippen molar-refractivity contribution in [2.24, 2.45) is 28.3 Å². The van der Waals surface area contributed by atoms with E-state index in [9.17, 15) is 5.11 Å². The van der Waals surface area contributed by atoms with Crippen molar-refractivity contribution < 1.29 is 9.84 Å². The number of ether oxygens (including phenoxy) is 1. The topological polar surface area (TPSA) is 134 Å². The van der Waals surface area contributed by atoms with Gasteiger partial charge >= 0.3 is 0 Å². The van der Waals surface area contributed by atoms with Crippen LogP contribution in [-0.2, 0) is 4.74 Å². The summed E-state index contributed by atoms with van der Waals surface area (Å²) in [5.41, 5.74) is 24.5. The van der Waals surface area contributed by atoms with Crippen molar-refractivity contribution in [1.82, 2.24) is 0 Å². The Hall–Kier alpha value is -2.34. The van der Waals surface area contributed by atoms with E-state index >= 15 is 0 Å². The zero-order valence-corrected chi connectivity index (χ0v) is 14.2. The van der Waals surface area contributed by atoms with Crippen LogP contribution in [0.1, 0.15) is 38.2 Å². The van der Waals surface area contributed by atoms with Crippen molar-refractivity contribution in [3.63, 3.8) is 0 Å². The number of para-hydroxylation sites is 1. The Bertz CT molecular complexity index is 630. The fourth-order valence-electron chi connectivity index (χ4n) is 3.24. The highest BCUT2D eigenvalue weighted by atomic mass is 16.5. The zero-order chi connectivity index (χ0) is 17.7. The van der Waals surface area contributed by atoms with Crippen molar-refractivity contribution >= 4 is 5.70 Å². The van der Waals surface area contributed by atoms with Gasteiger partial charge in [-0.1, -0.05) is 25.5 Å². The highest BCUT2D eigenvalue weighted by Gasteiger charge is 2.40. The Balaban J connectivity index is 2.02. The number of allylic oxidation sites excluding steroid dienone is 1. The Morgan fingerprint density at radius 3 is 2.50 bits per heavy atom. The van der Waals surface area contributed by atoms with Crippen molar-refractivity contribution in [2.45, 2.75) is 38.6 Å². The fraction of sp³-hybridized carbons (Fsp3) is 0.444. The molecular weight excluding hydrogens is 304 g/mol. The molecule has 2 rings (SSSR count). The van der Waals surface area contributed by atoms with Crippen molar-refractivity contribution in [3.05, 3.63) is 47.5 Å². The maximum atomic E-state index is 9.86. The molecule has 6 nitrogen and oxygen atoms in total. The first-order chi connectivity index (χ1) is 11.4. The van der Waals surface area contributed by atoms with Crippen LogP contribution in [0.15, 0.2) is 41.9 Å². The molecule has 1 aliphatic carbocycles. The lowest BCUT2D eigenvalue weighted by Crippen LogP contribution is -2.46. The van der Waals surface area contributed by atoms with Crippen LogP contribution in [0.5, 0.6) is 5.75 Å². The molecule has 132 valence electrons. The standard InChI is InChI=1S/C18H28N4O2/c1-2-18(10-12(19)11-18)7-8-24-16(17(21)22)9-14(20)13-5-3-4-6-15(13)23/h3-6,9,12,23H,2,7-8,10-11,19-22H2,1H3/b14-9-. The molecule has 0 saturated heterocycles. The second-order valence-electron chi connectivity index (χ2n) is 6.56. The van der Waals surface area contributed by atoms with Crippen molar-refractivity contribution in [2.75, 3.05) is 6.61 Å². The molecule has 0 aliphatic heterocycles. The maximum absolute atomic E-state index is 9.86. The van der Waals surface area contributed by atoms with E-state index in [2.05, 4.69) is 6.92 Å². The molecule has 6 heteroatoms. The summed E-state index contributed by atoms with van der Waals surface area (Å²) in [5.74, 6) is 0.476. The minimum atomic E-state index is 0.0595. The molecule has 1 fully saturated rings. The summed E-state index contributed by atoms with van der Waals surface area (Å²) in [6.07, 6.45) is 5.59. The molecule has 0 aromatic heterocycles. The highest BCUT2D eigenvalue weighted by Crippen LogP contribution is 2.46. The third-order valence-corrected chi connectivity index (χ3v) is 4.82. The summed E-state index contributed by atoms with van der Waals surface area (Å²) in [7, 11) is 0. The highest BCUT2D eigenvalue weighted by molar-refractivity contribution is 5.69. The van der Waals surface area contributed by atoms with Crippen LogP contribution < -0.4 is 22.9 Å². The minimum absolute atomic E-state index is 0.0595. The first-order valence-corrected chi connectivity index (χ1v) is 8.26. The lowest BCUT2D eigenvalue weighted by atomic mass is 9.62. The molecule has 0 atom stereocenters. The van der Waals surface area contributed by atoms with Gasteiger partial charge in [0.2, 0.25) is 0 Å². The fourth-order valence-corrected chi connectivity index (χ4v) is 3.24. The molecule has 0 bridgehead atoms. The summed E-state index contributed by atoms with van der Waals surface area (Å²) in [6, 6.07) is 7.10. The van der Waals surface area contributed by atoms with E-state index in [-0.39, 0.29) is 17.0 Å². The molecule has 0 amide bonds. The maximum Gasteiger partial charge on any atom is 0.160 e. The lowest BCUT2D eigenvalue weighted by molar-refractivity contribution is 0.0538. The molecule has 1 aliphatic rings. The Kier molecular flexibility index (Phi) is 5.62. The Morgan fingerprint density at radius 1 is 1.29 bits per heavy atom. The van der Waals surface area contributed by atoms with Gasteiger partial charge in [0.1, 0.15) is 11.6 Å². The van der Waals surface area contributed by atoms with E-state index in [1.54, 1.807) is 30.3 Å². The summed E-state index contributed by atoms with van der Waals surface area (Å²) >= 11 is 0. The Morgan fingerprint density at radius 2 is 1.96 bits per heavy atom. The number of hydrogen-bond donors (Lipinski definition) is 5. The van der Waals surface area contributed by atoms with Crippen LogP contribution in [-0.4, -0.2) is 17.8 Å². The van der Waals surface area contributed by atoms with Gasteiger partial charge in [-0.3, -0.25) is 0 Å². The first-order valence-electron chi connectivity index (χ1n) is 8.26. The predicted octanol–water partition coefficient (Wildman–Crippen LogP) is 1.70. The monoisotopic (exact) mass is 332 g/mol. The van der Waals surface area contributed by atoms with Crippen LogP contribution in [0, 0.1) is 5.41 Å². The van der Waals surface area contributed by atoms with Gasteiger partial charge in [-0.25, -0.2) is 0 Å². The van der Waals surface area contributed by atoms with Gasteiger partial charge < -0.3 is 32.8 Å². The van der Waals surface area contributed by atoms with E-state index in [4.69, 9.17) is 27.7 Å². The largest absolute Gasteiger partial charge is 0.507 e. The van der Waals surface area contributed by atoms with E-state index in [0.717, 1.165) is 25.7 Å². The number of hydrogen-bond acceptors (Lipinski definition) is 6. The van der Waals surface area contributed by atoms with E-state index in [1.165, 1.54) is 0 Å². The van der Waals surface area contributed by atoms with Gasteiger partial charge in [-0.2, -0.15) is 0 Å². The summed E-state index contributed by atoms with van der Waals surface area (Å²) in [6.45, 7) is 2.67. The van der Waals surface area contributed by atoms with Crippen LogP contribution in [0.4, 0.5) is 0 Å². The molecule has 1 aromatic rings. The van der Waals surface area contributed by atoms with Gasteiger partial charge in [0.05, 0.1) is 6.61 Å². The number of phenols is 1. The lowest BCUT2D eigenvalue weighted by Gasteiger charge is -2.46. The normalized spacial score (nSPS) is 23.4. The van der Waals surface area contributed by atoms with Gasteiger partial charge in [0, 0.05) is 23.4 Å². The van der Waals surface area contributed by atoms with Gasteiger partial charge in [-0.05, 0) is 36.8 Å². The molecule has 0 radical (unpaired) electrons. The second kappa shape index (κ2) is 7.49. The summed E-state index contributed by atoms with van der Waals surface area (Å²) in [5, 5.41) is 9.86. The van der Waals surface area contributed by atoms with E-state index in [1.807, 2.05) is 0 Å². The van der Waals surface area contributed by atoms with E-state index < -0.39 is 0 Å². The van der Waals surface area contributed by atoms with Crippen molar-refractivity contribution in [3.8, 4) is 5.75 Å². The van der Waals surface area contributed by atoms with Crippen LogP contribution in [0.2, 0.25) is 0 Å². The molecule has 1 aromatic carbocycles. The quantitative estimate of drug-likeness (QED) is 0.381. The number of benzene rings is 1. The predicted molar refractivity (Wildman–Crippen MR) is 96.2 cm³/mol. The number of phenolic OH excluding ortho intramolecular Hbond substituents is 1. The van der Waals surface area contributed by atoms with Crippen LogP contribution >= 0.6 is 0 Å². The molecule has 9 N–H and O–H groups in total. The number of rotatable bonds is 7. The smallest absolute Gasteiger partial charge is 0.160 e. The van der Waals surface area contributed by atoms with E-state index in [0.29, 0.717) is 29.7 Å². The van der Waals surface area contributed by atoms with Gasteiger partial charge in [0.15, 0.2) is 5.76 Å². The molecule has 24 heavy (non-hydrogen) atoms. The molecule has 1 saturated carbocycles. The van der Waals surface area contributed by atoms with Gasteiger partial charge in [-0.15, -0.1) is 0 Å². The molecule has 0 unspecified atom stereocenters. The molecular formula is C18H28N4O2. The zero-order valence-electron chi connectivity index (χ0n) is 14.2. The van der Waals surface area contributed by atoms with Crippen LogP contribution in [0.25, 0.3) is 5.70 Å². The van der Waals surface area contributed by atoms with Crippen molar-refractivity contribution in [1.29, 1.82) is 0 Å². The summed E-state index contributed by atoms with van der Waals surface area (Å²) in [4.78, 5) is 0. The SMILES string of the molecule is CCC1(CCOC(/C=C(\N)c2ccccc2O)=C(N)N)CC(N)C1. The minimum Gasteiger partial charge on any atom is -0.507 e. The molecule has 0 spiro atoms. The average molecular weight is 332 g/mol.